The lowest BCUT2D eigenvalue weighted by Crippen LogP contribution is -2.60. The van der Waals surface area contributed by atoms with Crippen LogP contribution in [0.4, 0.5) is 0 Å². The monoisotopic (exact) mass is 414 g/mol. The summed E-state index contributed by atoms with van der Waals surface area (Å²) in [5.74, 6) is 0. The number of benzene rings is 2. The summed E-state index contributed by atoms with van der Waals surface area (Å²) in [5, 5.41) is 0.760. The topological polar surface area (TPSA) is 18.5 Å². The van der Waals surface area contributed by atoms with Crippen LogP contribution in [0.1, 0.15) is 40.5 Å². The Morgan fingerprint density at radius 1 is 0.643 bits per heavy atom. The molecule has 2 aliphatic rings. The molecule has 2 aliphatic heterocycles. The molecule has 0 amide bonds. The first-order valence-corrected chi connectivity index (χ1v) is 11.9. The van der Waals surface area contributed by atoms with Crippen LogP contribution in [0.5, 0.6) is 0 Å². The highest BCUT2D eigenvalue weighted by atomic mass is 32.2. The molecule has 2 fully saturated rings. The van der Waals surface area contributed by atoms with Crippen molar-refractivity contribution in [1.82, 2.24) is 0 Å². The van der Waals surface area contributed by atoms with Gasteiger partial charge >= 0.3 is 0 Å². The van der Waals surface area contributed by atoms with Gasteiger partial charge in [0.2, 0.25) is 0 Å². The number of rotatable bonds is 4. The van der Waals surface area contributed by atoms with Crippen LogP contribution < -0.4 is 0 Å². The number of ether oxygens (including phenoxy) is 2. The second kappa shape index (κ2) is 8.06. The minimum absolute atomic E-state index is 0.164. The lowest BCUT2D eigenvalue weighted by molar-refractivity contribution is -0.228. The summed E-state index contributed by atoms with van der Waals surface area (Å²) in [6.45, 7) is 8.96. The number of fused-ring (bicyclic) bond motifs is 1. The van der Waals surface area contributed by atoms with Crippen molar-refractivity contribution in [2.75, 3.05) is 0 Å². The van der Waals surface area contributed by atoms with Crippen molar-refractivity contribution < 1.29 is 9.47 Å². The van der Waals surface area contributed by atoms with Crippen molar-refractivity contribution in [2.24, 2.45) is 0 Å². The summed E-state index contributed by atoms with van der Waals surface area (Å²) in [6, 6.07) is 21.3. The van der Waals surface area contributed by atoms with Crippen LogP contribution >= 0.6 is 23.5 Å². The molecular weight excluding hydrogens is 384 g/mol. The zero-order valence-corrected chi connectivity index (χ0v) is 18.8. The second-order valence-corrected chi connectivity index (χ2v) is 11.4. The zero-order chi connectivity index (χ0) is 19.8. The molecule has 0 radical (unpaired) electrons. The van der Waals surface area contributed by atoms with E-state index in [2.05, 4.69) is 88.4 Å². The average Bonchev–Trinajstić information content (AvgIpc) is 2.65. The zero-order valence-electron chi connectivity index (χ0n) is 17.1. The Morgan fingerprint density at radius 2 is 1.00 bits per heavy atom. The van der Waals surface area contributed by atoms with E-state index in [4.69, 9.17) is 9.47 Å². The van der Waals surface area contributed by atoms with Gasteiger partial charge in [0.05, 0.1) is 23.4 Å². The third-order valence-electron chi connectivity index (χ3n) is 5.81. The van der Waals surface area contributed by atoms with E-state index < -0.39 is 0 Å². The summed E-state index contributed by atoms with van der Waals surface area (Å²) in [5.41, 5.74) is -0.344. The van der Waals surface area contributed by atoms with E-state index in [9.17, 15) is 0 Å². The van der Waals surface area contributed by atoms with E-state index in [1.54, 1.807) is 0 Å². The largest absolute Gasteiger partial charge is 0.368 e. The Labute approximate surface area is 177 Å². The van der Waals surface area contributed by atoms with Gasteiger partial charge in [0.1, 0.15) is 0 Å². The van der Waals surface area contributed by atoms with Crippen LogP contribution in [0.25, 0.3) is 0 Å². The summed E-state index contributed by atoms with van der Waals surface area (Å²) in [6.07, 6.45) is 2.39. The predicted octanol–water partition coefficient (Wildman–Crippen LogP) is 6.44. The maximum Gasteiger partial charge on any atom is 0.0857 e. The van der Waals surface area contributed by atoms with Gasteiger partial charge in [-0.05, 0) is 64.8 Å². The molecule has 2 nitrogen and oxygen atoms in total. The lowest BCUT2D eigenvalue weighted by Gasteiger charge is -2.53. The molecule has 4 atom stereocenters. The van der Waals surface area contributed by atoms with Crippen LogP contribution in [-0.4, -0.2) is 33.9 Å². The molecule has 0 bridgehead atoms. The Hall–Kier alpha value is -0.940. The Bertz CT molecular complexity index is 708. The molecule has 0 spiro atoms. The van der Waals surface area contributed by atoms with Gasteiger partial charge in [-0.1, -0.05) is 36.4 Å². The molecule has 2 heterocycles. The molecule has 4 heteroatoms. The quantitative estimate of drug-likeness (QED) is 0.572. The van der Waals surface area contributed by atoms with Crippen LogP contribution in [0.3, 0.4) is 0 Å². The van der Waals surface area contributed by atoms with Crippen molar-refractivity contribution in [3.63, 3.8) is 0 Å². The number of hydrogen-bond acceptors (Lipinski definition) is 4. The van der Waals surface area contributed by atoms with Crippen molar-refractivity contribution in [3.8, 4) is 0 Å². The van der Waals surface area contributed by atoms with E-state index in [0.29, 0.717) is 10.5 Å². The molecule has 150 valence electrons. The van der Waals surface area contributed by atoms with Crippen molar-refractivity contribution in [1.29, 1.82) is 0 Å². The van der Waals surface area contributed by atoms with Gasteiger partial charge in [-0.3, -0.25) is 0 Å². The third-order valence-corrected chi connectivity index (χ3v) is 8.99. The van der Waals surface area contributed by atoms with Crippen molar-refractivity contribution in [2.45, 2.75) is 84.2 Å². The lowest BCUT2D eigenvalue weighted by atomic mass is 9.85. The fourth-order valence-electron chi connectivity index (χ4n) is 4.18. The minimum atomic E-state index is -0.172. The van der Waals surface area contributed by atoms with Gasteiger partial charge in [-0.25, -0.2) is 0 Å². The first-order valence-electron chi connectivity index (χ1n) is 10.1. The van der Waals surface area contributed by atoms with E-state index in [1.807, 2.05) is 23.5 Å². The Morgan fingerprint density at radius 3 is 1.36 bits per heavy atom. The molecule has 0 aliphatic carbocycles. The molecule has 28 heavy (non-hydrogen) atoms. The molecule has 2 saturated heterocycles. The Balaban J connectivity index is 1.48. The molecule has 2 aromatic carbocycles. The van der Waals surface area contributed by atoms with E-state index in [-0.39, 0.29) is 23.4 Å². The van der Waals surface area contributed by atoms with Crippen LogP contribution in [0.2, 0.25) is 0 Å². The van der Waals surface area contributed by atoms with E-state index in [1.165, 1.54) is 9.79 Å². The van der Waals surface area contributed by atoms with Gasteiger partial charge < -0.3 is 9.47 Å². The molecule has 2 aromatic rings. The first kappa shape index (κ1) is 20.3. The Kier molecular flexibility index (Phi) is 5.85. The molecule has 0 saturated carbocycles. The van der Waals surface area contributed by atoms with E-state index in [0.717, 1.165) is 12.8 Å². The average molecular weight is 415 g/mol. The fraction of sp³-hybridized carbons (Fsp3) is 0.500. The number of thioether (sulfide) groups is 2. The third kappa shape index (κ3) is 4.46. The van der Waals surface area contributed by atoms with Gasteiger partial charge in [0.25, 0.3) is 0 Å². The van der Waals surface area contributed by atoms with Crippen molar-refractivity contribution >= 4 is 23.5 Å². The van der Waals surface area contributed by atoms with Crippen LogP contribution in [0.15, 0.2) is 70.5 Å². The van der Waals surface area contributed by atoms with Gasteiger partial charge in [-0.2, -0.15) is 0 Å². The van der Waals surface area contributed by atoms with Gasteiger partial charge in [0, 0.05) is 20.3 Å². The van der Waals surface area contributed by atoms with Crippen molar-refractivity contribution in [3.05, 3.63) is 60.7 Å². The molecule has 4 unspecified atom stereocenters. The second-order valence-electron chi connectivity index (χ2n) is 8.83. The highest BCUT2D eigenvalue weighted by Crippen LogP contribution is 2.48. The molecular formula is C24H30O2S2. The summed E-state index contributed by atoms with van der Waals surface area (Å²) >= 11 is 3.84. The van der Waals surface area contributed by atoms with Crippen LogP contribution in [-0.2, 0) is 9.47 Å². The van der Waals surface area contributed by atoms with Gasteiger partial charge in [-0.15, -0.1) is 23.5 Å². The summed E-state index contributed by atoms with van der Waals surface area (Å²) < 4.78 is 13.3. The SMILES string of the molecule is CC1(C)OC2CC(Sc3ccccc3)C(C)(C)OC2CC1Sc1ccccc1. The maximum atomic E-state index is 6.66. The normalized spacial score (nSPS) is 31.1. The number of hydrogen-bond donors (Lipinski definition) is 0. The highest BCUT2D eigenvalue weighted by Gasteiger charge is 2.51. The van der Waals surface area contributed by atoms with Crippen LogP contribution in [0, 0.1) is 0 Å². The summed E-state index contributed by atoms with van der Waals surface area (Å²) in [4.78, 5) is 2.60. The standard InChI is InChI=1S/C24H30O2S2/c1-23(2)21(27-17-11-7-5-8-12-17)15-20-19(25-23)16-22(24(3,4)26-20)28-18-13-9-6-10-14-18/h5-14,19-22H,15-16H2,1-4H3. The molecule has 0 aromatic heterocycles. The molecule has 0 N–H and O–H groups in total. The first-order chi connectivity index (χ1) is 13.3. The fourth-order valence-corrected chi connectivity index (χ4v) is 6.72. The smallest absolute Gasteiger partial charge is 0.0857 e. The highest BCUT2D eigenvalue weighted by molar-refractivity contribution is 8.00. The minimum Gasteiger partial charge on any atom is -0.368 e. The molecule has 4 rings (SSSR count). The maximum absolute atomic E-state index is 6.66. The summed E-state index contributed by atoms with van der Waals surface area (Å²) in [7, 11) is 0. The van der Waals surface area contributed by atoms with Gasteiger partial charge in [0.15, 0.2) is 0 Å². The van der Waals surface area contributed by atoms with E-state index >= 15 is 0 Å². The predicted molar refractivity (Wildman–Crippen MR) is 119 cm³/mol.